The molecule has 5 heteroatoms. The van der Waals surface area contributed by atoms with Crippen LogP contribution >= 0.6 is 0 Å². The SMILES string of the molecule is CCCCCCCCCCOC(=O)C(Cc1ccccc1)NC(=O)OCC. The van der Waals surface area contributed by atoms with E-state index < -0.39 is 18.1 Å². The number of amides is 1. The molecule has 0 aliphatic carbocycles. The normalized spacial score (nSPS) is 11.6. The molecule has 0 heterocycles. The molecule has 1 N–H and O–H groups in total. The quantitative estimate of drug-likeness (QED) is 0.365. The van der Waals surface area contributed by atoms with Crippen molar-refractivity contribution in [3.63, 3.8) is 0 Å². The predicted octanol–water partition coefficient (Wildman–Crippen LogP) is 5.03. The van der Waals surface area contributed by atoms with Crippen molar-refractivity contribution in [1.29, 1.82) is 0 Å². The largest absolute Gasteiger partial charge is 0.464 e. The number of benzene rings is 1. The summed E-state index contributed by atoms with van der Waals surface area (Å²) in [7, 11) is 0. The van der Waals surface area contributed by atoms with Crippen LogP contribution in [0.1, 0.15) is 70.8 Å². The van der Waals surface area contributed by atoms with Crippen LogP contribution in [0.2, 0.25) is 0 Å². The lowest BCUT2D eigenvalue weighted by Crippen LogP contribution is -2.43. The van der Waals surface area contributed by atoms with Crippen LogP contribution in [0.3, 0.4) is 0 Å². The Balaban J connectivity index is 2.34. The van der Waals surface area contributed by atoms with Gasteiger partial charge >= 0.3 is 12.1 Å². The molecule has 1 atom stereocenters. The highest BCUT2D eigenvalue weighted by atomic mass is 16.6. The van der Waals surface area contributed by atoms with Crippen molar-refractivity contribution < 1.29 is 19.1 Å². The van der Waals surface area contributed by atoms with Gasteiger partial charge in [0.05, 0.1) is 13.2 Å². The first-order valence-corrected chi connectivity index (χ1v) is 10.3. The number of carbonyl (C=O) groups is 2. The number of alkyl carbamates (subject to hydrolysis) is 1. The highest BCUT2D eigenvalue weighted by Crippen LogP contribution is 2.09. The summed E-state index contributed by atoms with van der Waals surface area (Å²) in [6.45, 7) is 4.60. The molecule has 1 rings (SSSR count). The minimum absolute atomic E-state index is 0.261. The van der Waals surface area contributed by atoms with E-state index in [1.807, 2.05) is 30.3 Å². The molecule has 0 aromatic heterocycles. The highest BCUT2D eigenvalue weighted by molar-refractivity contribution is 5.81. The second-order valence-corrected chi connectivity index (χ2v) is 6.75. The summed E-state index contributed by atoms with van der Waals surface area (Å²) in [6.07, 6.45) is 9.31. The molecule has 0 fully saturated rings. The number of rotatable bonds is 14. The van der Waals surface area contributed by atoms with Crippen LogP contribution in [0.25, 0.3) is 0 Å². The van der Waals surface area contributed by atoms with Gasteiger partial charge in [-0.05, 0) is 18.9 Å². The summed E-state index contributed by atoms with van der Waals surface area (Å²) in [5.41, 5.74) is 0.961. The molecule has 0 aliphatic heterocycles. The molecular weight excluding hydrogens is 342 g/mol. The first-order chi connectivity index (χ1) is 13.2. The molecule has 1 unspecified atom stereocenters. The Bertz CT molecular complexity index is 518. The second-order valence-electron chi connectivity index (χ2n) is 6.75. The summed E-state index contributed by atoms with van der Waals surface area (Å²) >= 11 is 0. The summed E-state index contributed by atoms with van der Waals surface area (Å²) in [6, 6.07) is 8.83. The maximum atomic E-state index is 12.4. The van der Waals surface area contributed by atoms with Crippen molar-refractivity contribution in [3.8, 4) is 0 Å². The summed E-state index contributed by atoms with van der Waals surface area (Å²) in [5, 5.41) is 2.61. The van der Waals surface area contributed by atoms with Gasteiger partial charge in [0.1, 0.15) is 6.04 Å². The molecular formula is C22H35NO4. The van der Waals surface area contributed by atoms with E-state index in [9.17, 15) is 9.59 Å². The van der Waals surface area contributed by atoms with Gasteiger partial charge in [0.2, 0.25) is 0 Å². The zero-order valence-corrected chi connectivity index (χ0v) is 16.9. The van der Waals surface area contributed by atoms with Crippen molar-refractivity contribution in [2.75, 3.05) is 13.2 Å². The topological polar surface area (TPSA) is 64.6 Å². The number of hydrogen-bond acceptors (Lipinski definition) is 4. The molecule has 5 nitrogen and oxygen atoms in total. The molecule has 0 spiro atoms. The first-order valence-electron chi connectivity index (χ1n) is 10.3. The Morgan fingerprint density at radius 1 is 0.889 bits per heavy atom. The Hall–Kier alpha value is -2.04. The minimum Gasteiger partial charge on any atom is -0.464 e. The maximum absolute atomic E-state index is 12.4. The van der Waals surface area contributed by atoms with Crippen molar-refractivity contribution in [3.05, 3.63) is 35.9 Å². The van der Waals surface area contributed by atoms with E-state index in [0.717, 1.165) is 18.4 Å². The lowest BCUT2D eigenvalue weighted by Gasteiger charge is -2.17. The van der Waals surface area contributed by atoms with Gasteiger partial charge in [-0.1, -0.05) is 82.2 Å². The fraction of sp³-hybridized carbons (Fsp3) is 0.636. The van der Waals surface area contributed by atoms with Crippen molar-refractivity contribution in [1.82, 2.24) is 5.32 Å². The lowest BCUT2D eigenvalue weighted by molar-refractivity contribution is -0.146. The molecule has 1 amide bonds. The number of ether oxygens (including phenoxy) is 2. The van der Waals surface area contributed by atoms with Gasteiger partial charge in [-0.15, -0.1) is 0 Å². The van der Waals surface area contributed by atoms with E-state index in [-0.39, 0.29) is 6.61 Å². The van der Waals surface area contributed by atoms with Gasteiger partial charge in [-0.3, -0.25) is 0 Å². The molecule has 0 saturated heterocycles. The third kappa shape index (κ3) is 11.3. The Morgan fingerprint density at radius 3 is 2.15 bits per heavy atom. The smallest absolute Gasteiger partial charge is 0.407 e. The Labute approximate surface area is 163 Å². The average molecular weight is 378 g/mol. The third-order valence-electron chi connectivity index (χ3n) is 4.38. The molecule has 27 heavy (non-hydrogen) atoms. The molecule has 0 aliphatic rings. The summed E-state index contributed by atoms with van der Waals surface area (Å²) < 4.78 is 10.3. The maximum Gasteiger partial charge on any atom is 0.407 e. The standard InChI is InChI=1S/C22H35NO4/c1-3-5-6-7-8-9-10-14-17-27-21(24)20(23-22(25)26-4-2)18-19-15-12-11-13-16-19/h11-13,15-16,20H,3-10,14,17-18H2,1-2H3,(H,23,25). The van der Waals surface area contributed by atoms with Gasteiger partial charge < -0.3 is 14.8 Å². The monoisotopic (exact) mass is 377 g/mol. The number of hydrogen-bond donors (Lipinski definition) is 1. The fourth-order valence-electron chi connectivity index (χ4n) is 2.87. The molecule has 0 bridgehead atoms. The van der Waals surface area contributed by atoms with E-state index in [2.05, 4.69) is 12.2 Å². The third-order valence-corrected chi connectivity index (χ3v) is 4.38. The molecule has 1 aromatic rings. The number of nitrogens with one attached hydrogen (secondary N) is 1. The average Bonchev–Trinajstić information content (AvgIpc) is 2.67. The summed E-state index contributed by atoms with van der Waals surface area (Å²) in [5.74, 6) is -0.408. The highest BCUT2D eigenvalue weighted by Gasteiger charge is 2.23. The zero-order chi connectivity index (χ0) is 19.7. The number of unbranched alkanes of at least 4 members (excludes halogenated alkanes) is 7. The van der Waals surface area contributed by atoms with E-state index in [1.165, 1.54) is 38.5 Å². The second kappa shape index (κ2) is 15.1. The molecule has 0 radical (unpaired) electrons. The van der Waals surface area contributed by atoms with Crippen LogP contribution in [-0.2, 0) is 20.7 Å². The van der Waals surface area contributed by atoms with E-state index >= 15 is 0 Å². The van der Waals surface area contributed by atoms with Gasteiger partial charge in [0, 0.05) is 6.42 Å². The van der Waals surface area contributed by atoms with Crippen molar-refractivity contribution in [2.24, 2.45) is 0 Å². The molecule has 152 valence electrons. The number of carbonyl (C=O) groups excluding carboxylic acids is 2. The van der Waals surface area contributed by atoms with Crippen LogP contribution in [0, 0.1) is 0 Å². The van der Waals surface area contributed by atoms with Crippen LogP contribution in [0.4, 0.5) is 4.79 Å². The van der Waals surface area contributed by atoms with E-state index in [4.69, 9.17) is 9.47 Å². The van der Waals surface area contributed by atoms with Gasteiger partial charge in [-0.2, -0.15) is 0 Å². The predicted molar refractivity (Wildman–Crippen MR) is 108 cm³/mol. The van der Waals surface area contributed by atoms with Crippen LogP contribution in [0.5, 0.6) is 0 Å². The van der Waals surface area contributed by atoms with Crippen molar-refractivity contribution in [2.45, 2.75) is 77.7 Å². The molecule has 1 aromatic carbocycles. The van der Waals surface area contributed by atoms with Gasteiger partial charge in [-0.25, -0.2) is 9.59 Å². The summed E-state index contributed by atoms with van der Waals surface area (Å²) in [4.78, 5) is 24.1. The minimum atomic E-state index is -0.736. The van der Waals surface area contributed by atoms with Crippen molar-refractivity contribution >= 4 is 12.1 Å². The van der Waals surface area contributed by atoms with Crippen LogP contribution in [0.15, 0.2) is 30.3 Å². The van der Waals surface area contributed by atoms with E-state index in [1.54, 1.807) is 6.92 Å². The fourth-order valence-corrected chi connectivity index (χ4v) is 2.87. The van der Waals surface area contributed by atoms with Gasteiger partial charge in [0.25, 0.3) is 0 Å². The first kappa shape index (κ1) is 23.0. The Morgan fingerprint density at radius 2 is 1.52 bits per heavy atom. The Kier molecular flexibility index (Phi) is 12.8. The number of esters is 1. The molecule has 0 saturated carbocycles. The lowest BCUT2D eigenvalue weighted by atomic mass is 10.1. The van der Waals surface area contributed by atoms with Crippen LogP contribution < -0.4 is 5.32 Å². The van der Waals surface area contributed by atoms with E-state index in [0.29, 0.717) is 13.0 Å². The van der Waals surface area contributed by atoms with Crippen LogP contribution in [-0.4, -0.2) is 31.3 Å². The van der Waals surface area contributed by atoms with Gasteiger partial charge in [0.15, 0.2) is 0 Å². The zero-order valence-electron chi connectivity index (χ0n) is 16.9.